The largest absolute Gasteiger partial charge is 0.417 e. The normalized spacial score (nSPS) is 11.3. The van der Waals surface area contributed by atoms with Crippen molar-refractivity contribution in [3.8, 4) is 0 Å². The number of Topliss-reactive ketones (excluding diaryl/α,β-unsaturated/α-hetero) is 1. The number of nitrogens with one attached hydrogen (secondary N) is 1. The van der Waals surface area contributed by atoms with Gasteiger partial charge in [0.25, 0.3) is 0 Å². The Kier molecular flexibility index (Phi) is 4.71. The van der Waals surface area contributed by atoms with Crippen molar-refractivity contribution in [3.05, 3.63) is 64.4 Å². The summed E-state index contributed by atoms with van der Waals surface area (Å²) in [5, 5.41) is 2.18. The third-order valence-corrected chi connectivity index (χ3v) is 3.22. The van der Waals surface area contributed by atoms with E-state index in [0.29, 0.717) is 0 Å². The van der Waals surface area contributed by atoms with Crippen LogP contribution in [0.2, 0.25) is 5.02 Å². The summed E-state index contributed by atoms with van der Waals surface area (Å²) in [5.41, 5.74) is -0.598. The smallest absolute Gasteiger partial charge is 0.378 e. The van der Waals surface area contributed by atoms with E-state index in [0.717, 1.165) is 24.3 Å². The lowest BCUT2D eigenvalue weighted by Gasteiger charge is -2.12. The molecule has 0 saturated carbocycles. The number of benzene rings is 2. The van der Waals surface area contributed by atoms with Crippen LogP contribution in [0.15, 0.2) is 42.5 Å². The van der Waals surface area contributed by atoms with Gasteiger partial charge in [0.05, 0.1) is 17.1 Å². The molecule has 2 nitrogen and oxygen atoms in total. The van der Waals surface area contributed by atoms with Crippen molar-refractivity contribution in [2.45, 2.75) is 6.18 Å². The quantitative estimate of drug-likeness (QED) is 0.644. The molecule has 0 radical (unpaired) electrons. The van der Waals surface area contributed by atoms with E-state index in [1.165, 1.54) is 18.2 Å². The fourth-order valence-electron chi connectivity index (χ4n) is 1.77. The summed E-state index contributed by atoms with van der Waals surface area (Å²) < 4.78 is 50.9. The Morgan fingerprint density at radius 2 is 1.73 bits per heavy atom. The van der Waals surface area contributed by atoms with Gasteiger partial charge >= 0.3 is 6.18 Å². The minimum Gasteiger partial charge on any atom is -0.378 e. The minimum atomic E-state index is -4.57. The summed E-state index contributed by atoms with van der Waals surface area (Å²) in [6.07, 6.45) is -4.57. The number of halogens is 5. The predicted octanol–water partition coefficient (Wildman–Crippen LogP) is 4.79. The van der Waals surface area contributed by atoms with E-state index < -0.39 is 22.6 Å². The number of anilines is 1. The van der Waals surface area contributed by atoms with Crippen molar-refractivity contribution in [2.75, 3.05) is 11.9 Å². The van der Waals surface area contributed by atoms with Gasteiger partial charge in [-0.1, -0.05) is 11.6 Å². The molecule has 0 atom stereocenters. The number of carbonyl (C=O) groups is 1. The number of carbonyl (C=O) groups excluding carboxylic acids is 1. The van der Waals surface area contributed by atoms with Gasteiger partial charge in [0.2, 0.25) is 0 Å². The lowest BCUT2D eigenvalue weighted by Crippen LogP contribution is -2.15. The topological polar surface area (TPSA) is 29.1 Å². The van der Waals surface area contributed by atoms with Crippen LogP contribution in [0.1, 0.15) is 15.9 Å². The Hall–Kier alpha value is -2.08. The highest BCUT2D eigenvalue weighted by Crippen LogP contribution is 2.36. The first-order valence-corrected chi connectivity index (χ1v) is 6.54. The third-order valence-electron chi connectivity index (χ3n) is 2.89. The van der Waals surface area contributed by atoms with Crippen LogP contribution in [0, 0.1) is 5.82 Å². The molecule has 1 N–H and O–H groups in total. The van der Waals surface area contributed by atoms with E-state index in [4.69, 9.17) is 11.6 Å². The Morgan fingerprint density at radius 3 is 2.32 bits per heavy atom. The van der Waals surface area contributed by atoms with Gasteiger partial charge in [-0.05, 0) is 42.5 Å². The van der Waals surface area contributed by atoms with Crippen LogP contribution in [0.3, 0.4) is 0 Å². The van der Waals surface area contributed by atoms with Crippen LogP contribution in [0.4, 0.5) is 23.2 Å². The highest BCUT2D eigenvalue weighted by atomic mass is 35.5. The fraction of sp³-hybridized carbons (Fsp3) is 0.133. The molecule has 0 spiro atoms. The second kappa shape index (κ2) is 6.36. The Labute approximate surface area is 128 Å². The van der Waals surface area contributed by atoms with Crippen LogP contribution in [0.25, 0.3) is 0 Å². The van der Waals surface area contributed by atoms with Gasteiger partial charge in [0, 0.05) is 11.3 Å². The van der Waals surface area contributed by atoms with Crippen LogP contribution in [-0.4, -0.2) is 12.3 Å². The van der Waals surface area contributed by atoms with Crippen molar-refractivity contribution >= 4 is 23.1 Å². The van der Waals surface area contributed by atoms with E-state index in [1.807, 2.05) is 0 Å². The molecule has 0 saturated heterocycles. The monoisotopic (exact) mass is 331 g/mol. The van der Waals surface area contributed by atoms with Gasteiger partial charge in [-0.15, -0.1) is 0 Å². The van der Waals surface area contributed by atoms with Gasteiger partial charge in [-0.2, -0.15) is 13.2 Å². The van der Waals surface area contributed by atoms with Crippen molar-refractivity contribution in [1.82, 2.24) is 0 Å². The van der Waals surface area contributed by atoms with Gasteiger partial charge < -0.3 is 5.32 Å². The van der Waals surface area contributed by atoms with E-state index in [1.54, 1.807) is 0 Å². The van der Waals surface area contributed by atoms with Crippen molar-refractivity contribution in [3.63, 3.8) is 0 Å². The molecule has 0 fully saturated rings. The van der Waals surface area contributed by atoms with E-state index in [9.17, 15) is 22.4 Å². The molecule has 0 bridgehead atoms. The molecule has 0 aliphatic carbocycles. The van der Waals surface area contributed by atoms with E-state index >= 15 is 0 Å². The number of ketones is 1. The maximum absolute atomic E-state index is 12.7. The van der Waals surface area contributed by atoms with E-state index in [-0.39, 0.29) is 23.6 Å². The molecule has 0 aliphatic rings. The zero-order valence-electron chi connectivity index (χ0n) is 11.0. The molecule has 0 heterocycles. The molecule has 0 aliphatic heterocycles. The molecular weight excluding hydrogens is 322 g/mol. The lowest BCUT2D eigenvalue weighted by atomic mass is 10.1. The summed E-state index contributed by atoms with van der Waals surface area (Å²) >= 11 is 5.50. The highest BCUT2D eigenvalue weighted by Gasteiger charge is 2.33. The number of alkyl halides is 3. The second-order valence-corrected chi connectivity index (χ2v) is 4.88. The molecule has 2 aromatic carbocycles. The highest BCUT2D eigenvalue weighted by molar-refractivity contribution is 6.31. The van der Waals surface area contributed by atoms with Crippen molar-refractivity contribution in [2.24, 2.45) is 0 Å². The summed E-state index contributed by atoms with van der Waals surface area (Å²) in [4.78, 5) is 11.8. The molecular formula is C15H10ClF4NO. The van der Waals surface area contributed by atoms with E-state index in [2.05, 4.69) is 5.32 Å². The summed E-state index contributed by atoms with van der Waals surface area (Å²) in [5.74, 6) is -0.847. The molecule has 0 aromatic heterocycles. The molecule has 2 rings (SSSR count). The summed E-state index contributed by atoms with van der Waals surface area (Å²) in [6, 6.07) is 8.17. The van der Waals surface area contributed by atoms with Crippen LogP contribution >= 0.6 is 11.6 Å². The number of hydrogen-bond donors (Lipinski definition) is 1. The fourth-order valence-corrected chi connectivity index (χ4v) is 2.00. The first-order chi connectivity index (χ1) is 10.3. The standard InChI is InChI=1S/C15H10ClF4NO/c16-13-6-5-11(7-12(13)15(18,19)20)21-8-14(22)9-1-3-10(17)4-2-9/h1-7,21H,8H2. The molecule has 0 amide bonds. The minimum absolute atomic E-state index is 0.118. The molecule has 0 unspecified atom stereocenters. The van der Waals surface area contributed by atoms with Crippen LogP contribution in [-0.2, 0) is 6.18 Å². The first kappa shape index (κ1) is 16.3. The zero-order chi connectivity index (χ0) is 16.3. The van der Waals surface area contributed by atoms with Gasteiger partial charge in [0.15, 0.2) is 5.78 Å². The average molecular weight is 332 g/mol. The SMILES string of the molecule is O=C(CNc1ccc(Cl)c(C(F)(F)F)c1)c1ccc(F)cc1. The predicted molar refractivity (Wildman–Crippen MR) is 75.7 cm³/mol. The number of hydrogen-bond acceptors (Lipinski definition) is 2. The Bertz CT molecular complexity index is 683. The zero-order valence-corrected chi connectivity index (χ0v) is 11.8. The summed E-state index contributed by atoms with van der Waals surface area (Å²) in [6.45, 7) is -0.218. The Morgan fingerprint density at radius 1 is 1.09 bits per heavy atom. The van der Waals surface area contributed by atoms with Crippen LogP contribution < -0.4 is 5.32 Å². The first-order valence-electron chi connectivity index (χ1n) is 6.17. The summed E-state index contributed by atoms with van der Waals surface area (Å²) in [7, 11) is 0. The average Bonchev–Trinajstić information content (AvgIpc) is 2.45. The molecule has 22 heavy (non-hydrogen) atoms. The maximum Gasteiger partial charge on any atom is 0.417 e. The Balaban J connectivity index is 2.08. The van der Waals surface area contributed by atoms with Gasteiger partial charge in [0.1, 0.15) is 5.82 Å². The lowest BCUT2D eigenvalue weighted by molar-refractivity contribution is -0.137. The third kappa shape index (κ3) is 3.98. The van der Waals surface area contributed by atoms with Crippen molar-refractivity contribution < 1.29 is 22.4 Å². The van der Waals surface area contributed by atoms with Crippen LogP contribution in [0.5, 0.6) is 0 Å². The van der Waals surface area contributed by atoms with Gasteiger partial charge in [-0.3, -0.25) is 4.79 Å². The second-order valence-electron chi connectivity index (χ2n) is 4.48. The molecule has 116 valence electrons. The maximum atomic E-state index is 12.7. The molecule has 7 heteroatoms. The van der Waals surface area contributed by atoms with Crippen molar-refractivity contribution in [1.29, 1.82) is 0 Å². The van der Waals surface area contributed by atoms with Gasteiger partial charge in [-0.25, -0.2) is 4.39 Å². The number of rotatable bonds is 4. The molecule has 2 aromatic rings.